The maximum absolute atomic E-state index is 12.8. The smallest absolute Gasteiger partial charge is 0.326 e. The Bertz CT molecular complexity index is 597. The first kappa shape index (κ1) is 18.1. The molecule has 0 saturated heterocycles. The lowest BCUT2D eigenvalue weighted by molar-refractivity contribution is -0.141. The molecule has 0 radical (unpaired) electrons. The summed E-state index contributed by atoms with van der Waals surface area (Å²) in [5.74, 6) is -0.173. The van der Waals surface area contributed by atoms with Crippen molar-refractivity contribution >= 4 is 11.9 Å². The molecule has 0 aliphatic heterocycles. The molecule has 1 unspecified atom stereocenters. The molecule has 1 saturated carbocycles. The molecular weight excluding hydrogens is 310 g/mol. The largest absolute Gasteiger partial charge is 0.490 e. The van der Waals surface area contributed by atoms with Crippen LogP contribution in [0, 0.1) is 0 Å². The first-order valence-electron chi connectivity index (χ1n) is 8.44. The van der Waals surface area contributed by atoms with Crippen molar-refractivity contribution in [2.75, 3.05) is 13.2 Å². The molecular formula is C18H25NO5. The zero-order valence-electron chi connectivity index (χ0n) is 14.4. The molecule has 1 atom stereocenters. The Morgan fingerprint density at radius 3 is 2.50 bits per heavy atom. The van der Waals surface area contributed by atoms with Crippen LogP contribution in [0.4, 0.5) is 0 Å². The van der Waals surface area contributed by atoms with E-state index >= 15 is 0 Å². The van der Waals surface area contributed by atoms with Crippen LogP contribution in [0.2, 0.25) is 0 Å². The molecule has 0 spiro atoms. The highest BCUT2D eigenvalue weighted by Crippen LogP contribution is 2.33. The number of hydrogen-bond acceptors (Lipinski definition) is 4. The number of benzene rings is 1. The van der Waals surface area contributed by atoms with Crippen LogP contribution in [-0.2, 0) is 4.79 Å². The number of carboxylic acid groups (broad SMARTS) is 1. The molecule has 1 aromatic carbocycles. The first-order valence-corrected chi connectivity index (χ1v) is 8.44. The van der Waals surface area contributed by atoms with Crippen LogP contribution < -0.4 is 9.47 Å². The van der Waals surface area contributed by atoms with E-state index in [2.05, 4.69) is 0 Å². The molecule has 132 valence electrons. The maximum Gasteiger partial charge on any atom is 0.326 e. The molecule has 1 amide bonds. The van der Waals surface area contributed by atoms with Crippen LogP contribution in [-0.4, -0.2) is 47.2 Å². The summed E-state index contributed by atoms with van der Waals surface area (Å²) < 4.78 is 11.2. The van der Waals surface area contributed by atoms with Gasteiger partial charge >= 0.3 is 5.97 Å². The van der Waals surface area contributed by atoms with Gasteiger partial charge in [-0.05, 0) is 51.3 Å². The standard InChI is InChI=1S/C18H25NO5/c1-4-10-24-15-9-6-13(11-16(15)23-5-2)17(20)19(14-7-8-14)12(3)18(21)22/h6,9,11-12,14H,4-5,7-8,10H2,1-3H3,(H,21,22). The quantitative estimate of drug-likeness (QED) is 0.751. The van der Waals surface area contributed by atoms with Gasteiger partial charge in [-0.2, -0.15) is 0 Å². The average Bonchev–Trinajstić information content (AvgIpc) is 3.38. The van der Waals surface area contributed by atoms with Crippen molar-refractivity contribution < 1.29 is 24.2 Å². The third-order valence-corrected chi connectivity index (χ3v) is 3.90. The van der Waals surface area contributed by atoms with Crippen LogP contribution in [0.5, 0.6) is 11.5 Å². The molecule has 0 heterocycles. The van der Waals surface area contributed by atoms with E-state index in [1.54, 1.807) is 25.1 Å². The molecule has 1 N–H and O–H groups in total. The Kier molecular flexibility index (Phi) is 6.06. The van der Waals surface area contributed by atoms with E-state index in [4.69, 9.17) is 9.47 Å². The van der Waals surface area contributed by atoms with Gasteiger partial charge in [-0.25, -0.2) is 4.79 Å². The van der Waals surface area contributed by atoms with Crippen LogP contribution in [0.1, 0.15) is 50.4 Å². The summed E-state index contributed by atoms with van der Waals surface area (Å²) in [5, 5.41) is 9.27. The van der Waals surface area contributed by atoms with Crippen molar-refractivity contribution in [1.29, 1.82) is 0 Å². The summed E-state index contributed by atoms with van der Waals surface area (Å²) in [4.78, 5) is 25.6. The Balaban J connectivity index is 2.27. The molecule has 2 rings (SSSR count). The fourth-order valence-corrected chi connectivity index (χ4v) is 2.52. The first-order chi connectivity index (χ1) is 11.5. The fraction of sp³-hybridized carbons (Fsp3) is 0.556. The molecule has 0 aromatic heterocycles. The van der Waals surface area contributed by atoms with Gasteiger partial charge in [0, 0.05) is 11.6 Å². The minimum Gasteiger partial charge on any atom is -0.490 e. The van der Waals surface area contributed by atoms with Crippen molar-refractivity contribution in [2.24, 2.45) is 0 Å². The SMILES string of the molecule is CCCOc1ccc(C(=O)N(C2CC2)C(C)C(=O)O)cc1OCC. The van der Waals surface area contributed by atoms with Gasteiger partial charge in [-0.1, -0.05) is 6.92 Å². The lowest BCUT2D eigenvalue weighted by Gasteiger charge is -2.26. The van der Waals surface area contributed by atoms with Crippen molar-refractivity contribution in [3.8, 4) is 11.5 Å². The molecule has 1 aliphatic rings. The number of ether oxygens (including phenoxy) is 2. The summed E-state index contributed by atoms with van der Waals surface area (Å²) in [6, 6.07) is 4.18. The second-order valence-electron chi connectivity index (χ2n) is 5.90. The van der Waals surface area contributed by atoms with Crippen molar-refractivity contribution in [3.05, 3.63) is 23.8 Å². The third-order valence-electron chi connectivity index (χ3n) is 3.90. The number of carbonyl (C=O) groups is 2. The van der Waals surface area contributed by atoms with Gasteiger partial charge < -0.3 is 19.5 Å². The highest BCUT2D eigenvalue weighted by molar-refractivity contribution is 5.97. The molecule has 24 heavy (non-hydrogen) atoms. The van der Waals surface area contributed by atoms with Crippen LogP contribution >= 0.6 is 0 Å². The molecule has 1 aliphatic carbocycles. The zero-order valence-corrected chi connectivity index (χ0v) is 14.4. The fourth-order valence-electron chi connectivity index (χ4n) is 2.52. The minimum atomic E-state index is -0.997. The van der Waals surface area contributed by atoms with E-state index in [1.165, 1.54) is 4.90 Å². The molecule has 0 bridgehead atoms. The van der Waals surface area contributed by atoms with Gasteiger partial charge in [0.25, 0.3) is 5.91 Å². The number of nitrogens with zero attached hydrogens (tertiary/aromatic N) is 1. The monoisotopic (exact) mass is 335 g/mol. The summed E-state index contributed by atoms with van der Waals surface area (Å²) in [5.41, 5.74) is 0.419. The van der Waals surface area contributed by atoms with Gasteiger partial charge in [0.05, 0.1) is 13.2 Å². The number of hydrogen-bond donors (Lipinski definition) is 1. The van der Waals surface area contributed by atoms with Gasteiger partial charge in [0.1, 0.15) is 6.04 Å². The number of carboxylic acids is 1. The van der Waals surface area contributed by atoms with Gasteiger partial charge in [0.2, 0.25) is 0 Å². The predicted molar refractivity (Wildman–Crippen MR) is 89.7 cm³/mol. The van der Waals surface area contributed by atoms with Crippen molar-refractivity contribution in [1.82, 2.24) is 4.90 Å². The van der Waals surface area contributed by atoms with Gasteiger partial charge in [-0.3, -0.25) is 4.79 Å². The summed E-state index contributed by atoms with van der Waals surface area (Å²) in [6.45, 7) is 6.44. The lowest BCUT2D eigenvalue weighted by atomic mass is 10.1. The second-order valence-corrected chi connectivity index (χ2v) is 5.90. The Morgan fingerprint density at radius 1 is 1.25 bits per heavy atom. The summed E-state index contributed by atoms with van der Waals surface area (Å²) >= 11 is 0. The van der Waals surface area contributed by atoms with Gasteiger partial charge in [-0.15, -0.1) is 0 Å². The normalized spacial score (nSPS) is 14.8. The summed E-state index contributed by atoms with van der Waals surface area (Å²) in [7, 11) is 0. The van der Waals surface area contributed by atoms with Gasteiger partial charge in [0.15, 0.2) is 11.5 Å². The highest BCUT2D eigenvalue weighted by Gasteiger charge is 2.38. The third kappa shape index (κ3) is 4.19. The Hall–Kier alpha value is -2.24. The number of rotatable bonds is 9. The van der Waals surface area contributed by atoms with E-state index in [-0.39, 0.29) is 11.9 Å². The van der Waals surface area contributed by atoms with E-state index in [1.807, 2.05) is 13.8 Å². The lowest BCUT2D eigenvalue weighted by Crippen LogP contribution is -2.44. The number of carbonyl (C=O) groups excluding carboxylic acids is 1. The second kappa shape index (κ2) is 8.04. The minimum absolute atomic E-state index is 0.00941. The zero-order chi connectivity index (χ0) is 17.7. The molecule has 1 aromatic rings. The van der Waals surface area contributed by atoms with Crippen LogP contribution in [0.25, 0.3) is 0 Å². The van der Waals surface area contributed by atoms with E-state index in [0.717, 1.165) is 19.3 Å². The van der Waals surface area contributed by atoms with E-state index < -0.39 is 12.0 Å². The Labute approximate surface area is 142 Å². The predicted octanol–water partition coefficient (Wildman–Crippen LogP) is 2.95. The molecule has 1 fully saturated rings. The highest BCUT2D eigenvalue weighted by atomic mass is 16.5. The Morgan fingerprint density at radius 2 is 1.96 bits per heavy atom. The van der Waals surface area contributed by atoms with E-state index in [9.17, 15) is 14.7 Å². The molecule has 6 nitrogen and oxygen atoms in total. The van der Waals surface area contributed by atoms with Crippen LogP contribution in [0.3, 0.4) is 0 Å². The van der Waals surface area contributed by atoms with E-state index in [0.29, 0.717) is 30.3 Å². The van der Waals surface area contributed by atoms with Crippen molar-refractivity contribution in [2.45, 2.75) is 52.1 Å². The average molecular weight is 335 g/mol. The summed E-state index contributed by atoms with van der Waals surface area (Å²) in [6.07, 6.45) is 2.57. The van der Waals surface area contributed by atoms with Crippen LogP contribution in [0.15, 0.2) is 18.2 Å². The topological polar surface area (TPSA) is 76.1 Å². The molecule has 6 heteroatoms. The maximum atomic E-state index is 12.8. The van der Waals surface area contributed by atoms with Crippen molar-refractivity contribution in [3.63, 3.8) is 0 Å². The number of aliphatic carboxylic acids is 1. The number of amides is 1.